The number of aromatic nitrogens is 3. The highest BCUT2D eigenvalue weighted by atomic mass is 16.6. The zero-order chi connectivity index (χ0) is 24.1. The van der Waals surface area contributed by atoms with Crippen LogP contribution in [0.3, 0.4) is 0 Å². The minimum atomic E-state index is -0.732. The quantitative estimate of drug-likeness (QED) is 0.0944. The average Bonchev–Trinajstić information content (AvgIpc) is 2.75. The van der Waals surface area contributed by atoms with E-state index >= 15 is 0 Å². The summed E-state index contributed by atoms with van der Waals surface area (Å²) in [6.45, 7) is 15.2. The molecule has 1 heterocycles. The lowest BCUT2D eigenvalue weighted by Gasteiger charge is -2.15. The number of allylic oxidation sites excluding steroid dienone is 7. The van der Waals surface area contributed by atoms with E-state index in [2.05, 4.69) is 41.8 Å². The maximum atomic E-state index is 13.1. The summed E-state index contributed by atoms with van der Waals surface area (Å²) >= 11 is 0. The van der Waals surface area contributed by atoms with Gasteiger partial charge < -0.3 is 26.4 Å². The molecule has 0 amide bonds. The molecule has 1 aromatic heterocycles. The maximum Gasteiger partial charge on any atom is 0.355 e. The van der Waals surface area contributed by atoms with Crippen molar-refractivity contribution in [3.63, 3.8) is 0 Å². The Balaban J connectivity index is 3.30. The Bertz CT molecular complexity index is 1060. The van der Waals surface area contributed by atoms with Gasteiger partial charge in [-0.1, -0.05) is 50.6 Å². The number of ether oxygens (including phenoxy) is 1. The van der Waals surface area contributed by atoms with E-state index in [9.17, 15) is 9.59 Å². The van der Waals surface area contributed by atoms with Crippen LogP contribution < -0.4 is 28.2 Å². The number of nitrogens with one attached hydrogen (secondary N) is 1. The summed E-state index contributed by atoms with van der Waals surface area (Å²) in [6.07, 6.45) is 7.97. The monoisotopic (exact) mass is 443 g/mol. The van der Waals surface area contributed by atoms with E-state index in [1.807, 2.05) is 0 Å². The van der Waals surface area contributed by atoms with E-state index in [1.165, 1.54) is 23.8 Å². The molecule has 0 bridgehead atoms. The minimum absolute atomic E-state index is 0.0170. The Labute approximate surface area is 186 Å². The third kappa shape index (κ3) is 8.22. The van der Waals surface area contributed by atoms with Crippen LogP contribution in [-0.4, -0.2) is 40.3 Å². The van der Waals surface area contributed by atoms with E-state index in [0.29, 0.717) is 16.9 Å². The predicted octanol–water partition coefficient (Wildman–Crippen LogP) is 0.593. The minimum Gasteiger partial charge on any atom is -0.497 e. The second-order valence-corrected chi connectivity index (χ2v) is 6.29. The Morgan fingerprint density at radius 1 is 1.19 bits per heavy atom. The molecule has 5 N–H and O–H groups in total. The van der Waals surface area contributed by atoms with Crippen LogP contribution >= 0.6 is 0 Å². The molecule has 11 heteroatoms. The number of nitrogens with zero attached hydrogens (tertiary/aromatic N) is 4. The number of methoxy groups -OCH3 is 1. The van der Waals surface area contributed by atoms with Crippen LogP contribution in [0.1, 0.15) is 0 Å². The molecule has 11 nitrogen and oxygen atoms in total. The lowest BCUT2D eigenvalue weighted by molar-refractivity contribution is 0.154. The van der Waals surface area contributed by atoms with Gasteiger partial charge >= 0.3 is 11.4 Å². The highest BCUT2D eigenvalue weighted by molar-refractivity contribution is 5.74. The maximum absolute atomic E-state index is 13.1. The van der Waals surface area contributed by atoms with E-state index in [1.54, 1.807) is 18.2 Å². The van der Waals surface area contributed by atoms with Gasteiger partial charge in [-0.15, -0.1) is 0 Å². The summed E-state index contributed by atoms with van der Waals surface area (Å²) in [4.78, 5) is 34.6. The molecule has 1 aromatic rings. The molecule has 0 aromatic carbocycles. The van der Waals surface area contributed by atoms with Crippen LogP contribution in [0, 0.1) is 0 Å². The third-order valence-electron chi connectivity index (χ3n) is 3.86. The van der Waals surface area contributed by atoms with Crippen molar-refractivity contribution in [1.82, 2.24) is 14.1 Å². The number of rotatable bonds is 14. The summed E-state index contributed by atoms with van der Waals surface area (Å²) in [7, 11) is 1.49. The molecule has 0 radical (unpaired) electrons. The van der Waals surface area contributed by atoms with Crippen molar-refractivity contribution in [1.29, 1.82) is 0 Å². The number of oxime groups is 1. The second kappa shape index (κ2) is 13.1. The van der Waals surface area contributed by atoms with Gasteiger partial charge in [-0.2, -0.15) is 4.98 Å². The number of nitrogens with two attached hydrogens (primary N) is 2. The molecular weight excluding hydrogens is 414 g/mol. The van der Waals surface area contributed by atoms with Crippen LogP contribution in [0.15, 0.2) is 88.3 Å². The van der Waals surface area contributed by atoms with Gasteiger partial charge in [0.1, 0.15) is 12.4 Å². The Morgan fingerprint density at radius 3 is 2.50 bits per heavy atom. The standard InChI is InChI=1S/C21H29N7O4/c1-6-8-17(7-2)14-28-20(29)25-19(24-11-12-32-26-18(22)23)27(21(28)30)13-15(3)9-10-16(4)31-5/h6-10H,1-4,11-14H2,5H3,(H4,22,23,26)(H,24,25,29). The number of guanidine groups is 1. The lowest BCUT2D eigenvalue weighted by atomic mass is 10.2. The first kappa shape index (κ1) is 25.8. The number of anilines is 1. The summed E-state index contributed by atoms with van der Waals surface area (Å²) < 4.78 is 7.24. The van der Waals surface area contributed by atoms with Crippen LogP contribution in [0.5, 0.6) is 0 Å². The lowest BCUT2D eigenvalue weighted by Crippen LogP contribution is -2.43. The van der Waals surface area contributed by atoms with Gasteiger partial charge in [-0.25, -0.2) is 14.2 Å². The molecule has 0 saturated carbocycles. The Hall–Kier alpha value is -4.28. The molecule has 0 fully saturated rings. The van der Waals surface area contributed by atoms with Crippen molar-refractivity contribution in [2.45, 2.75) is 13.1 Å². The van der Waals surface area contributed by atoms with E-state index in [-0.39, 0.29) is 38.1 Å². The second-order valence-electron chi connectivity index (χ2n) is 6.29. The number of hydrogen-bond acceptors (Lipinski definition) is 7. The molecular formula is C21H29N7O4. The van der Waals surface area contributed by atoms with Crippen molar-refractivity contribution < 1.29 is 9.57 Å². The largest absolute Gasteiger partial charge is 0.497 e. The fourth-order valence-corrected chi connectivity index (χ4v) is 2.32. The van der Waals surface area contributed by atoms with E-state index in [4.69, 9.17) is 21.0 Å². The van der Waals surface area contributed by atoms with Crippen LogP contribution in [0.4, 0.5) is 5.95 Å². The van der Waals surface area contributed by atoms with Gasteiger partial charge in [0.15, 0.2) is 0 Å². The van der Waals surface area contributed by atoms with Gasteiger partial charge in [0.25, 0.3) is 0 Å². The Kier molecular flexibility index (Phi) is 10.6. The molecule has 172 valence electrons. The first-order valence-corrected chi connectivity index (χ1v) is 9.42. The van der Waals surface area contributed by atoms with Gasteiger partial charge in [0.2, 0.25) is 11.9 Å². The van der Waals surface area contributed by atoms with Gasteiger partial charge in [-0.3, -0.25) is 4.57 Å². The fraction of sp³-hybridized carbons (Fsp3) is 0.238. The predicted molar refractivity (Wildman–Crippen MR) is 126 cm³/mol. The summed E-state index contributed by atoms with van der Waals surface area (Å²) in [6, 6.07) is 0. The summed E-state index contributed by atoms with van der Waals surface area (Å²) in [5, 5.41) is 6.27. The van der Waals surface area contributed by atoms with E-state index < -0.39 is 11.4 Å². The van der Waals surface area contributed by atoms with Crippen LogP contribution in [-0.2, 0) is 22.7 Å². The Morgan fingerprint density at radius 2 is 1.91 bits per heavy atom. The SMILES string of the molecule is C=CC=C(C=C)Cn1c(=O)nc(NCCON=C(N)N)n(CC(=C)C=CC(=C)OC)c1=O. The molecule has 0 aliphatic heterocycles. The van der Waals surface area contributed by atoms with Crippen molar-refractivity contribution in [2.75, 3.05) is 25.6 Å². The molecule has 0 spiro atoms. The van der Waals surface area contributed by atoms with E-state index in [0.717, 1.165) is 4.57 Å². The molecule has 32 heavy (non-hydrogen) atoms. The average molecular weight is 444 g/mol. The highest BCUT2D eigenvalue weighted by Gasteiger charge is 2.14. The zero-order valence-electron chi connectivity index (χ0n) is 18.1. The van der Waals surface area contributed by atoms with Gasteiger partial charge in [0, 0.05) is 0 Å². The van der Waals surface area contributed by atoms with Crippen molar-refractivity contribution in [3.05, 3.63) is 94.6 Å². The topological polar surface area (TPSA) is 152 Å². The normalized spacial score (nSPS) is 11.0. The van der Waals surface area contributed by atoms with Crippen molar-refractivity contribution in [2.24, 2.45) is 16.6 Å². The van der Waals surface area contributed by atoms with Gasteiger partial charge in [0.05, 0.1) is 26.7 Å². The summed E-state index contributed by atoms with van der Waals surface area (Å²) in [5.41, 5.74) is 10.2. The first-order valence-electron chi connectivity index (χ1n) is 9.42. The fourth-order valence-electron chi connectivity index (χ4n) is 2.32. The molecule has 0 aliphatic rings. The van der Waals surface area contributed by atoms with Crippen molar-refractivity contribution in [3.8, 4) is 0 Å². The highest BCUT2D eigenvalue weighted by Crippen LogP contribution is 2.06. The molecule has 0 unspecified atom stereocenters. The van der Waals surface area contributed by atoms with Crippen molar-refractivity contribution >= 4 is 11.9 Å². The smallest absolute Gasteiger partial charge is 0.355 e. The molecule has 0 aliphatic carbocycles. The molecule has 1 rings (SSSR count). The first-order chi connectivity index (χ1) is 15.2. The van der Waals surface area contributed by atoms with Crippen LogP contribution in [0.25, 0.3) is 0 Å². The zero-order valence-corrected chi connectivity index (χ0v) is 18.1. The van der Waals surface area contributed by atoms with Crippen LogP contribution in [0.2, 0.25) is 0 Å². The molecule has 0 saturated heterocycles. The molecule has 0 atom stereocenters. The van der Waals surface area contributed by atoms with Gasteiger partial charge in [-0.05, 0) is 22.4 Å². The number of hydrogen-bond donors (Lipinski definition) is 3. The summed E-state index contributed by atoms with van der Waals surface area (Å²) in [5.74, 6) is 0.230. The third-order valence-corrected chi connectivity index (χ3v) is 3.86.